The van der Waals surface area contributed by atoms with Gasteiger partial charge in [-0.05, 0) is 61.0 Å². The van der Waals surface area contributed by atoms with Crippen molar-refractivity contribution in [1.29, 1.82) is 0 Å². The molecule has 12 heteroatoms. The van der Waals surface area contributed by atoms with Gasteiger partial charge in [0.15, 0.2) is 21.3 Å². The zero-order valence-corrected chi connectivity index (χ0v) is 23.1. The van der Waals surface area contributed by atoms with Crippen LogP contribution in [-0.4, -0.2) is 38.9 Å². The summed E-state index contributed by atoms with van der Waals surface area (Å²) in [5.41, 5.74) is 0.837. The first-order valence-corrected chi connectivity index (χ1v) is 13.9. The quantitative estimate of drug-likeness (QED) is 0.159. The summed E-state index contributed by atoms with van der Waals surface area (Å²) in [4.78, 5) is 7.47. The smallest absolute Gasteiger partial charge is 0.451 e. The number of hydrogen-bond acceptors (Lipinski definition) is 7. The van der Waals surface area contributed by atoms with E-state index >= 15 is 0 Å². The van der Waals surface area contributed by atoms with Crippen LogP contribution < -0.4 is 9.47 Å². The number of hydrogen-bond donors (Lipinski definition) is 0. The van der Waals surface area contributed by atoms with Crippen molar-refractivity contribution in [2.75, 3.05) is 20.5 Å². The largest absolute Gasteiger partial charge is 0.496 e. The van der Waals surface area contributed by atoms with Gasteiger partial charge < -0.3 is 14.2 Å². The van der Waals surface area contributed by atoms with Crippen LogP contribution in [0.25, 0.3) is 28.1 Å². The van der Waals surface area contributed by atoms with E-state index in [0.717, 1.165) is 18.4 Å². The standard InChI is InChI=1S/C29H24F4N2O5S/c1-5-22(38-2)19-10-15-23(24(16-19)39-3)40-27-25(17-6-11-20(30)12-7-17)26(34-28(35-27)29(31,32)33)18-8-13-21(14-9-18)41(4,36)37/h5-16H,1-4H3. The molecule has 214 valence electrons. The third-order valence-electron chi connectivity index (χ3n) is 5.96. The van der Waals surface area contributed by atoms with Gasteiger partial charge in [-0.1, -0.05) is 24.3 Å². The maximum Gasteiger partial charge on any atom is 0.451 e. The van der Waals surface area contributed by atoms with E-state index in [4.69, 9.17) is 14.2 Å². The van der Waals surface area contributed by atoms with Crippen molar-refractivity contribution in [3.63, 3.8) is 0 Å². The average molecular weight is 589 g/mol. The van der Waals surface area contributed by atoms with Crippen molar-refractivity contribution in [3.05, 3.63) is 90.0 Å². The number of nitrogens with zero attached hydrogens (tertiary/aromatic N) is 2. The molecule has 0 spiro atoms. The Morgan fingerprint density at radius 2 is 1.51 bits per heavy atom. The lowest BCUT2D eigenvalue weighted by Crippen LogP contribution is -2.13. The van der Waals surface area contributed by atoms with Gasteiger partial charge in [0.1, 0.15) is 11.6 Å². The normalized spacial score (nSPS) is 12.2. The first-order valence-electron chi connectivity index (χ1n) is 12.0. The Balaban J connectivity index is 1.99. The van der Waals surface area contributed by atoms with Crippen LogP contribution in [0.3, 0.4) is 0 Å². The highest BCUT2D eigenvalue weighted by atomic mass is 32.2. The summed E-state index contributed by atoms with van der Waals surface area (Å²) in [6, 6.07) is 14.8. The number of benzene rings is 3. The highest BCUT2D eigenvalue weighted by Crippen LogP contribution is 2.43. The van der Waals surface area contributed by atoms with Crippen LogP contribution >= 0.6 is 0 Å². The maximum atomic E-state index is 14.0. The highest BCUT2D eigenvalue weighted by Gasteiger charge is 2.37. The van der Waals surface area contributed by atoms with E-state index in [0.29, 0.717) is 11.3 Å². The Kier molecular flexibility index (Phi) is 8.34. The lowest BCUT2D eigenvalue weighted by Gasteiger charge is -2.19. The fraction of sp³-hybridized carbons (Fsp3) is 0.172. The first-order chi connectivity index (χ1) is 19.3. The summed E-state index contributed by atoms with van der Waals surface area (Å²) in [5, 5.41) is 0. The number of ether oxygens (including phenoxy) is 3. The van der Waals surface area contributed by atoms with Crippen molar-refractivity contribution in [2.24, 2.45) is 0 Å². The lowest BCUT2D eigenvalue weighted by molar-refractivity contribution is -0.145. The summed E-state index contributed by atoms with van der Waals surface area (Å²) in [6.45, 7) is 1.77. The zero-order valence-electron chi connectivity index (χ0n) is 22.3. The van der Waals surface area contributed by atoms with Gasteiger partial charge >= 0.3 is 6.18 Å². The van der Waals surface area contributed by atoms with E-state index in [2.05, 4.69) is 9.97 Å². The first kappa shape index (κ1) is 29.5. The Bertz CT molecular complexity index is 1700. The third-order valence-corrected chi connectivity index (χ3v) is 7.08. The van der Waals surface area contributed by atoms with E-state index in [-0.39, 0.29) is 38.8 Å². The van der Waals surface area contributed by atoms with Gasteiger partial charge in [-0.3, -0.25) is 0 Å². The summed E-state index contributed by atoms with van der Waals surface area (Å²) in [5.74, 6) is -1.80. The number of halogens is 4. The molecular weight excluding hydrogens is 564 g/mol. The molecule has 1 heterocycles. The molecule has 0 aliphatic rings. The second-order valence-electron chi connectivity index (χ2n) is 8.70. The van der Waals surface area contributed by atoms with Crippen LogP contribution in [0.5, 0.6) is 17.4 Å². The molecule has 0 amide bonds. The molecule has 0 N–H and O–H groups in total. The monoisotopic (exact) mass is 588 g/mol. The molecule has 0 unspecified atom stereocenters. The number of rotatable bonds is 8. The van der Waals surface area contributed by atoms with Crippen LogP contribution in [0.15, 0.2) is 77.7 Å². The maximum absolute atomic E-state index is 14.0. The molecule has 0 fully saturated rings. The Hall–Kier alpha value is -4.45. The van der Waals surface area contributed by atoms with E-state index in [1.165, 1.54) is 56.7 Å². The number of methoxy groups -OCH3 is 2. The molecule has 0 bridgehead atoms. The Morgan fingerprint density at radius 1 is 0.878 bits per heavy atom. The van der Waals surface area contributed by atoms with Crippen molar-refractivity contribution in [1.82, 2.24) is 9.97 Å². The lowest BCUT2D eigenvalue weighted by atomic mass is 10.00. The van der Waals surface area contributed by atoms with Crippen molar-refractivity contribution in [2.45, 2.75) is 18.0 Å². The summed E-state index contributed by atoms with van der Waals surface area (Å²) in [6.07, 6.45) is -2.23. The Morgan fingerprint density at radius 3 is 2.05 bits per heavy atom. The molecule has 7 nitrogen and oxygen atoms in total. The van der Waals surface area contributed by atoms with Crippen molar-refractivity contribution >= 4 is 15.6 Å². The second-order valence-corrected chi connectivity index (χ2v) is 10.7. The minimum atomic E-state index is -4.96. The second kappa shape index (κ2) is 11.6. The van der Waals surface area contributed by atoms with E-state index in [9.17, 15) is 26.0 Å². The molecule has 4 rings (SSSR count). The van der Waals surface area contributed by atoms with E-state index in [1.807, 2.05) is 0 Å². The van der Waals surface area contributed by atoms with Gasteiger partial charge in [0, 0.05) is 17.4 Å². The molecule has 0 aliphatic heterocycles. The Labute approximate surface area is 234 Å². The molecule has 0 saturated carbocycles. The molecule has 3 aromatic carbocycles. The van der Waals surface area contributed by atoms with Crippen molar-refractivity contribution in [3.8, 4) is 39.8 Å². The highest BCUT2D eigenvalue weighted by molar-refractivity contribution is 7.90. The number of allylic oxidation sites excluding steroid dienone is 1. The summed E-state index contributed by atoms with van der Waals surface area (Å²) >= 11 is 0. The van der Waals surface area contributed by atoms with Gasteiger partial charge in [-0.2, -0.15) is 18.2 Å². The fourth-order valence-corrected chi connectivity index (χ4v) is 4.63. The summed E-state index contributed by atoms with van der Waals surface area (Å²) in [7, 11) is -0.720. The molecule has 4 aromatic rings. The molecule has 0 atom stereocenters. The predicted molar refractivity (Wildman–Crippen MR) is 145 cm³/mol. The van der Waals surface area contributed by atoms with Gasteiger partial charge in [0.25, 0.3) is 0 Å². The number of alkyl halides is 3. The predicted octanol–water partition coefficient (Wildman–Crippen LogP) is 7.18. The van der Waals surface area contributed by atoms with Gasteiger partial charge in [0.05, 0.1) is 30.4 Å². The van der Waals surface area contributed by atoms with Crippen LogP contribution in [-0.2, 0) is 20.8 Å². The van der Waals surface area contributed by atoms with Gasteiger partial charge in [0.2, 0.25) is 11.7 Å². The molecular formula is C29H24F4N2O5S. The van der Waals surface area contributed by atoms with Crippen LogP contribution in [0.1, 0.15) is 18.3 Å². The van der Waals surface area contributed by atoms with E-state index in [1.54, 1.807) is 25.1 Å². The molecule has 0 radical (unpaired) electrons. The van der Waals surface area contributed by atoms with Gasteiger partial charge in [-0.15, -0.1) is 0 Å². The topological polar surface area (TPSA) is 87.6 Å². The summed E-state index contributed by atoms with van der Waals surface area (Å²) < 4.78 is 96.5. The molecule has 1 aromatic heterocycles. The number of aromatic nitrogens is 2. The minimum absolute atomic E-state index is 0.0160. The van der Waals surface area contributed by atoms with Crippen LogP contribution in [0.4, 0.5) is 17.6 Å². The number of sulfone groups is 1. The zero-order chi connectivity index (χ0) is 29.9. The van der Waals surface area contributed by atoms with Crippen LogP contribution in [0, 0.1) is 5.82 Å². The van der Waals surface area contributed by atoms with E-state index < -0.39 is 33.5 Å². The van der Waals surface area contributed by atoms with Gasteiger partial charge in [-0.25, -0.2) is 17.8 Å². The molecule has 0 aliphatic carbocycles. The molecule has 0 saturated heterocycles. The third kappa shape index (κ3) is 6.49. The fourth-order valence-electron chi connectivity index (χ4n) is 4.00. The molecule has 41 heavy (non-hydrogen) atoms. The SMILES string of the molecule is CC=C(OC)c1ccc(Oc2nc(C(F)(F)F)nc(-c3ccc(S(C)(=O)=O)cc3)c2-c2ccc(F)cc2)c(OC)c1. The van der Waals surface area contributed by atoms with Crippen LogP contribution in [0.2, 0.25) is 0 Å². The van der Waals surface area contributed by atoms with Crippen molar-refractivity contribution < 1.29 is 40.2 Å². The average Bonchev–Trinajstić information content (AvgIpc) is 2.93. The minimum Gasteiger partial charge on any atom is -0.496 e.